The first-order chi connectivity index (χ1) is 13.0. The minimum atomic E-state index is -3.82. The number of nitrogens with one attached hydrogen (secondary N) is 1. The molecule has 0 spiro atoms. The van der Waals surface area contributed by atoms with E-state index in [0.717, 1.165) is 0 Å². The van der Waals surface area contributed by atoms with E-state index in [2.05, 4.69) is 35.8 Å². The van der Waals surface area contributed by atoms with Gasteiger partial charge >= 0.3 is 0 Å². The van der Waals surface area contributed by atoms with Crippen LogP contribution in [-0.4, -0.2) is 48.8 Å². The Labute approximate surface area is 153 Å². The van der Waals surface area contributed by atoms with Gasteiger partial charge in [0.2, 0.25) is 0 Å². The number of aryl methyl sites for hydroxylation is 1. The molecule has 0 amide bonds. The summed E-state index contributed by atoms with van der Waals surface area (Å²) in [6, 6.07) is 13.1. The summed E-state index contributed by atoms with van der Waals surface area (Å²) in [6.45, 7) is 1.75. The van der Waals surface area contributed by atoms with Gasteiger partial charge in [-0.1, -0.05) is 12.1 Å². The van der Waals surface area contributed by atoms with Crippen LogP contribution in [-0.2, 0) is 10.0 Å². The Balaban J connectivity index is 1.65. The number of sulfonamides is 1. The van der Waals surface area contributed by atoms with Gasteiger partial charge in [0.25, 0.3) is 10.0 Å². The van der Waals surface area contributed by atoms with Crippen molar-refractivity contribution in [1.29, 1.82) is 0 Å². The van der Waals surface area contributed by atoms with Crippen molar-refractivity contribution in [3.8, 4) is 11.4 Å². The fraction of sp³-hybridized carbons (Fsp3) is 0.0667. The maximum absolute atomic E-state index is 12.8. The molecular weight excluding hydrogens is 370 g/mol. The van der Waals surface area contributed by atoms with Crippen molar-refractivity contribution in [3.63, 3.8) is 0 Å². The third-order valence-corrected chi connectivity index (χ3v) is 5.09. The van der Waals surface area contributed by atoms with E-state index in [-0.39, 0.29) is 4.90 Å². The molecule has 27 heavy (non-hydrogen) atoms. The van der Waals surface area contributed by atoms with Gasteiger partial charge in [0.15, 0.2) is 5.82 Å². The highest BCUT2D eigenvalue weighted by Gasteiger charge is 2.16. The number of hydrogen-bond acceptors (Lipinski definition) is 8. The van der Waals surface area contributed by atoms with Crippen molar-refractivity contribution in [2.24, 2.45) is 0 Å². The molecule has 0 saturated heterocycles. The highest BCUT2D eigenvalue weighted by atomic mass is 32.2. The lowest BCUT2D eigenvalue weighted by Crippen LogP contribution is -2.14. The molecule has 2 aromatic carbocycles. The van der Waals surface area contributed by atoms with Gasteiger partial charge in [0.1, 0.15) is 6.33 Å². The van der Waals surface area contributed by atoms with Gasteiger partial charge < -0.3 is 0 Å². The normalized spacial score (nSPS) is 11.4. The maximum Gasteiger partial charge on any atom is 0.261 e. The Morgan fingerprint density at radius 3 is 2.52 bits per heavy atom. The van der Waals surface area contributed by atoms with E-state index in [4.69, 9.17) is 0 Å². The molecule has 2 heterocycles. The number of anilines is 1. The standard InChI is InChI=1S/C15H13N9O2S/c1-11-17-20-22-24(11)14-6-2-4-12(8-14)18-27(25,26)15-7-3-5-13(9-15)23-10-16-19-21-23/h2-10,18H,1H3. The van der Waals surface area contributed by atoms with Crippen LogP contribution in [0.3, 0.4) is 0 Å². The first-order valence-electron chi connectivity index (χ1n) is 7.75. The molecule has 136 valence electrons. The van der Waals surface area contributed by atoms with Crippen LogP contribution in [0.1, 0.15) is 5.82 Å². The summed E-state index contributed by atoms with van der Waals surface area (Å²) < 4.78 is 31.0. The molecule has 0 saturated carbocycles. The van der Waals surface area contributed by atoms with Gasteiger partial charge in [-0.3, -0.25) is 4.72 Å². The van der Waals surface area contributed by atoms with Crippen molar-refractivity contribution in [1.82, 2.24) is 40.4 Å². The van der Waals surface area contributed by atoms with Crippen LogP contribution in [0.15, 0.2) is 59.8 Å². The van der Waals surface area contributed by atoms with E-state index in [0.29, 0.717) is 22.9 Å². The number of aromatic nitrogens is 8. The Morgan fingerprint density at radius 2 is 1.78 bits per heavy atom. The van der Waals surface area contributed by atoms with Crippen LogP contribution in [0.4, 0.5) is 5.69 Å². The van der Waals surface area contributed by atoms with Crippen LogP contribution >= 0.6 is 0 Å². The lowest BCUT2D eigenvalue weighted by Gasteiger charge is -2.10. The fourth-order valence-electron chi connectivity index (χ4n) is 2.46. The summed E-state index contributed by atoms with van der Waals surface area (Å²) in [4.78, 5) is 0.0829. The van der Waals surface area contributed by atoms with Crippen LogP contribution in [0.2, 0.25) is 0 Å². The average Bonchev–Trinajstić information content (AvgIpc) is 3.33. The zero-order valence-corrected chi connectivity index (χ0v) is 14.8. The predicted octanol–water partition coefficient (Wildman–Crippen LogP) is 0.747. The van der Waals surface area contributed by atoms with Crippen LogP contribution in [0.25, 0.3) is 11.4 Å². The van der Waals surface area contributed by atoms with Gasteiger partial charge in [-0.2, -0.15) is 4.68 Å². The predicted molar refractivity (Wildman–Crippen MR) is 93.9 cm³/mol. The summed E-state index contributed by atoms with van der Waals surface area (Å²) in [5.74, 6) is 0.587. The second-order valence-electron chi connectivity index (χ2n) is 5.55. The first kappa shape index (κ1) is 16.8. The van der Waals surface area contributed by atoms with Crippen molar-refractivity contribution >= 4 is 15.7 Å². The van der Waals surface area contributed by atoms with Crippen molar-refractivity contribution in [3.05, 3.63) is 60.7 Å². The number of nitrogens with zero attached hydrogens (tertiary/aromatic N) is 8. The van der Waals surface area contributed by atoms with E-state index in [1.165, 1.54) is 27.8 Å². The van der Waals surface area contributed by atoms with E-state index < -0.39 is 10.0 Å². The smallest absolute Gasteiger partial charge is 0.261 e. The van der Waals surface area contributed by atoms with Gasteiger partial charge in [0.05, 0.1) is 22.0 Å². The Bertz CT molecular complexity index is 1190. The zero-order chi connectivity index (χ0) is 18.9. The monoisotopic (exact) mass is 383 g/mol. The molecule has 0 aliphatic carbocycles. The van der Waals surface area contributed by atoms with E-state index in [1.807, 2.05) is 0 Å². The molecular formula is C15H13N9O2S. The second kappa shape index (κ2) is 6.57. The molecule has 0 aliphatic heterocycles. The summed E-state index contributed by atoms with van der Waals surface area (Å²) in [6.07, 6.45) is 1.39. The van der Waals surface area contributed by atoms with Crippen LogP contribution in [0, 0.1) is 6.92 Å². The number of rotatable bonds is 5. The summed E-state index contributed by atoms with van der Waals surface area (Å²) in [7, 11) is -3.82. The molecule has 1 N–H and O–H groups in total. The molecule has 0 fully saturated rings. The molecule has 0 radical (unpaired) electrons. The van der Waals surface area contributed by atoms with E-state index in [9.17, 15) is 8.42 Å². The summed E-state index contributed by atoms with van der Waals surface area (Å²) in [5, 5.41) is 22.1. The third kappa shape index (κ3) is 3.37. The van der Waals surface area contributed by atoms with Crippen molar-refractivity contribution in [2.75, 3.05) is 4.72 Å². The zero-order valence-electron chi connectivity index (χ0n) is 14.0. The third-order valence-electron chi connectivity index (χ3n) is 3.71. The van der Waals surface area contributed by atoms with E-state index in [1.54, 1.807) is 43.3 Å². The first-order valence-corrected chi connectivity index (χ1v) is 9.23. The molecule has 4 aromatic rings. The van der Waals surface area contributed by atoms with Gasteiger partial charge in [-0.05, 0) is 64.2 Å². The fourth-order valence-corrected chi connectivity index (χ4v) is 3.55. The Morgan fingerprint density at radius 1 is 0.963 bits per heavy atom. The molecule has 0 atom stereocenters. The largest absolute Gasteiger partial charge is 0.280 e. The Kier molecular flexibility index (Phi) is 4.08. The minimum absolute atomic E-state index is 0.0829. The second-order valence-corrected chi connectivity index (χ2v) is 7.23. The molecule has 2 aromatic heterocycles. The molecule has 0 unspecified atom stereocenters. The van der Waals surface area contributed by atoms with Gasteiger partial charge in [0, 0.05) is 0 Å². The van der Waals surface area contributed by atoms with Crippen molar-refractivity contribution in [2.45, 2.75) is 11.8 Å². The Hall–Kier alpha value is -3.67. The maximum atomic E-state index is 12.8. The van der Waals surface area contributed by atoms with E-state index >= 15 is 0 Å². The topological polar surface area (TPSA) is 133 Å². The lowest BCUT2D eigenvalue weighted by atomic mass is 10.3. The SMILES string of the molecule is Cc1nnnn1-c1cccc(NS(=O)(=O)c2cccc(-n3cnnn3)c2)c1. The van der Waals surface area contributed by atoms with Crippen molar-refractivity contribution < 1.29 is 8.42 Å². The highest BCUT2D eigenvalue weighted by Crippen LogP contribution is 2.20. The van der Waals surface area contributed by atoms with Crippen LogP contribution < -0.4 is 4.72 Å². The minimum Gasteiger partial charge on any atom is -0.280 e. The summed E-state index contributed by atoms with van der Waals surface area (Å²) in [5.41, 5.74) is 1.55. The van der Waals surface area contributed by atoms with Crippen LogP contribution in [0.5, 0.6) is 0 Å². The molecule has 0 aliphatic rings. The number of benzene rings is 2. The molecule has 12 heteroatoms. The van der Waals surface area contributed by atoms with Gasteiger partial charge in [-0.15, -0.1) is 10.2 Å². The quantitative estimate of drug-likeness (QED) is 0.533. The van der Waals surface area contributed by atoms with Gasteiger partial charge in [-0.25, -0.2) is 13.1 Å². The highest BCUT2D eigenvalue weighted by molar-refractivity contribution is 7.92. The summed E-state index contributed by atoms with van der Waals surface area (Å²) >= 11 is 0. The lowest BCUT2D eigenvalue weighted by molar-refractivity contribution is 0.601. The average molecular weight is 383 g/mol. The number of tetrazole rings is 2. The molecule has 11 nitrogen and oxygen atoms in total. The number of hydrogen-bond donors (Lipinski definition) is 1. The molecule has 0 bridgehead atoms. The molecule has 4 rings (SSSR count).